The molecule has 1 aliphatic rings. The monoisotopic (exact) mass is 272 g/mol. The molecule has 2 heterocycles. The smallest absolute Gasteiger partial charge is 0.249 e. The summed E-state index contributed by atoms with van der Waals surface area (Å²) < 4.78 is 0. The van der Waals surface area contributed by atoms with E-state index in [4.69, 9.17) is 0 Å². The number of benzene rings is 1. The average Bonchev–Trinajstić information content (AvgIpc) is 2.85. The van der Waals surface area contributed by atoms with E-state index in [0.717, 1.165) is 23.5 Å². The minimum atomic E-state index is -0.224. The predicted molar refractivity (Wildman–Crippen MR) is 78.6 cm³/mol. The van der Waals surface area contributed by atoms with Gasteiger partial charge in [-0.05, 0) is 42.6 Å². The van der Waals surface area contributed by atoms with Gasteiger partial charge >= 0.3 is 0 Å². The molecule has 3 rings (SSSR count). The lowest BCUT2D eigenvalue weighted by Gasteiger charge is -2.24. The molecule has 0 saturated heterocycles. The molecule has 98 valence electrons. The van der Waals surface area contributed by atoms with Crippen molar-refractivity contribution >= 4 is 22.9 Å². The number of rotatable bonds is 2. The highest BCUT2D eigenvalue weighted by molar-refractivity contribution is 7.10. The first-order valence-electron chi connectivity index (χ1n) is 6.41. The molecule has 1 N–H and O–H groups in total. The fraction of sp³-hybridized carbons (Fsp3) is 0.267. The van der Waals surface area contributed by atoms with E-state index in [2.05, 4.69) is 16.8 Å². The Bertz CT molecular complexity index is 579. The Morgan fingerprint density at radius 2 is 2.05 bits per heavy atom. The number of nitrogens with one attached hydrogen (secondary N) is 1. The lowest BCUT2D eigenvalue weighted by atomic mass is 10.1. The van der Waals surface area contributed by atoms with Gasteiger partial charge in [-0.1, -0.05) is 18.2 Å². The van der Waals surface area contributed by atoms with Crippen LogP contribution in [0.2, 0.25) is 0 Å². The molecule has 0 bridgehead atoms. The Morgan fingerprint density at radius 1 is 1.26 bits per heavy atom. The van der Waals surface area contributed by atoms with E-state index in [1.54, 1.807) is 11.3 Å². The number of amides is 1. The zero-order valence-corrected chi connectivity index (χ0v) is 11.6. The lowest BCUT2D eigenvalue weighted by molar-refractivity contribution is -0.120. The van der Waals surface area contributed by atoms with Gasteiger partial charge in [0.2, 0.25) is 5.91 Å². The summed E-state index contributed by atoms with van der Waals surface area (Å²) in [7, 11) is 1.85. The number of hydrogen-bond donors (Lipinski definition) is 1. The molecule has 1 aromatic carbocycles. The number of thiophene rings is 1. The summed E-state index contributed by atoms with van der Waals surface area (Å²) in [5.74, 6) is 0.134. The molecule has 3 nitrogen and oxygen atoms in total. The Balaban J connectivity index is 1.99. The Labute approximate surface area is 116 Å². The van der Waals surface area contributed by atoms with Crippen LogP contribution in [0.5, 0.6) is 0 Å². The fourth-order valence-corrected chi connectivity index (χ4v) is 3.59. The molecule has 0 saturated carbocycles. The van der Waals surface area contributed by atoms with Crippen molar-refractivity contribution in [1.29, 1.82) is 0 Å². The summed E-state index contributed by atoms with van der Waals surface area (Å²) in [4.78, 5) is 15.7. The summed E-state index contributed by atoms with van der Waals surface area (Å²) in [6, 6.07) is 11.8. The van der Waals surface area contributed by atoms with Crippen molar-refractivity contribution in [3.8, 4) is 0 Å². The van der Waals surface area contributed by atoms with E-state index in [9.17, 15) is 4.79 Å². The summed E-state index contributed by atoms with van der Waals surface area (Å²) in [6.45, 7) is 0.741. The molecule has 1 amide bonds. The maximum Gasteiger partial charge on any atom is 0.249 e. The van der Waals surface area contributed by atoms with Crippen molar-refractivity contribution in [3.05, 3.63) is 52.2 Å². The molecule has 2 aromatic rings. The molecule has 19 heavy (non-hydrogen) atoms. The van der Waals surface area contributed by atoms with E-state index in [1.807, 2.05) is 42.3 Å². The third kappa shape index (κ3) is 2.17. The highest BCUT2D eigenvalue weighted by atomic mass is 32.1. The van der Waals surface area contributed by atoms with Crippen molar-refractivity contribution in [3.63, 3.8) is 0 Å². The quantitative estimate of drug-likeness (QED) is 0.911. The van der Waals surface area contributed by atoms with Crippen molar-refractivity contribution < 1.29 is 4.79 Å². The van der Waals surface area contributed by atoms with E-state index in [1.165, 1.54) is 5.56 Å². The van der Waals surface area contributed by atoms with Gasteiger partial charge in [0.25, 0.3) is 0 Å². The van der Waals surface area contributed by atoms with Crippen LogP contribution < -0.4 is 10.2 Å². The van der Waals surface area contributed by atoms with Gasteiger partial charge in [0.15, 0.2) is 0 Å². The normalized spacial score (nSPS) is 19.1. The van der Waals surface area contributed by atoms with Gasteiger partial charge in [-0.3, -0.25) is 4.79 Å². The van der Waals surface area contributed by atoms with Crippen molar-refractivity contribution in [2.75, 3.05) is 18.5 Å². The topological polar surface area (TPSA) is 32.3 Å². The number of anilines is 1. The van der Waals surface area contributed by atoms with Crippen LogP contribution in [0, 0.1) is 0 Å². The Hall–Kier alpha value is -1.65. The summed E-state index contributed by atoms with van der Waals surface area (Å²) in [5, 5.41) is 5.22. The number of carbonyl (C=O) groups is 1. The van der Waals surface area contributed by atoms with Gasteiger partial charge < -0.3 is 10.2 Å². The minimum absolute atomic E-state index is 0.134. The van der Waals surface area contributed by atoms with Crippen LogP contribution in [-0.4, -0.2) is 19.5 Å². The van der Waals surface area contributed by atoms with Crippen LogP contribution in [0.1, 0.15) is 16.5 Å². The SMILES string of the molecule is CNC1C(=O)N(c2ccccc2)CCc2ccsc21. The van der Waals surface area contributed by atoms with Crippen LogP contribution in [0.3, 0.4) is 0 Å². The number of nitrogens with zero attached hydrogens (tertiary/aromatic N) is 1. The zero-order chi connectivity index (χ0) is 13.2. The molecule has 0 aliphatic carbocycles. The molecule has 4 heteroatoms. The molecular formula is C15H16N2OS. The zero-order valence-electron chi connectivity index (χ0n) is 10.8. The maximum atomic E-state index is 12.7. The van der Waals surface area contributed by atoms with Gasteiger partial charge in [0.1, 0.15) is 6.04 Å². The van der Waals surface area contributed by atoms with Gasteiger partial charge in [-0.2, -0.15) is 0 Å². The lowest BCUT2D eigenvalue weighted by Crippen LogP contribution is -2.38. The highest BCUT2D eigenvalue weighted by Crippen LogP contribution is 2.31. The number of para-hydroxylation sites is 1. The summed E-state index contributed by atoms with van der Waals surface area (Å²) in [6.07, 6.45) is 0.914. The molecule has 0 spiro atoms. The first kappa shape index (κ1) is 12.4. The van der Waals surface area contributed by atoms with E-state index in [-0.39, 0.29) is 11.9 Å². The van der Waals surface area contributed by atoms with Gasteiger partial charge in [0, 0.05) is 17.1 Å². The minimum Gasteiger partial charge on any atom is -0.310 e. The van der Waals surface area contributed by atoms with E-state index < -0.39 is 0 Å². The Kier molecular flexibility index (Phi) is 3.36. The number of carbonyl (C=O) groups excluding carboxylic acids is 1. The molecule has 1 aromatic heterocycles. The number of fused-ring (bicyclic) bond motifs is 1. The van der Waals surface area contributed by atoms with Crippen molar-refractivity contribution in [2.45, 2.75) is 12.5 Å². The molecule has 1 aliphatic heterocycles. The third-order valence-electron chi connectivity index (χ3n) is 3.52. The fourth-order valence-electron chi connectivity index (χ4n) is 2.54. The second kappa shape index (κ2) is 5.15. The van der Waals surface area contributed by atoms with Crippen molar-refractivity contribution in [1.82, 2.24) is 5.32 Å². The third-order valence-corrected chi connectivity index (χ3v) is 4.54. The maximum absolute atomic E-state index is 12.7. The average molecular weight is 272 g/mol. The second-order valence-corrected chi connectivity index (χ2v) is 5.55. The molecule has 1 atom stereocenters. The van der Waals surface area contributed by atoms with Gasteiger partial charge in [-0.25, -0.2) is 0 Å². The van der Waals surface area contributed by atoms with Crippen LogP contribution in [0.25, 0.3) is 0 Å². The molecule has 0 radical (unpaired) electrons. The van der Waals surface area contributed by atoms with Crippen molar-refractivity contribution in [2.24, 2.45) is 0 Å². The van der Waals surface area contributed by atoms with Gasteiger partial charge in [0.05, 0.1) is 0 Å². The largest absolute Gasteiger partial charge is 0.310 e. The van der Waals surface area contributed by atoms with Crippen LogP contribution in [0.15, 0.2) is 41.8 Å². The van der Waals surface area contributed by atoms with Crippen LogP contribution >= 0.6 is 11.3 Å². The Morgan fingerprint density at radius 3 is 2.79 bits per heavy atom. The second-order valence-electron chi connectivity index (χ2n) is 4.61. The standard InChI is InChI=1S/C15H16N2OS/c1-16-13-14-11(8-10-19-14)7-9-17(15(13)18)12-5-3-2-4-6-12/h2-6,8,10,13,16H,7,9H2,1H3. The predicted octanol–water partition coefficient (Wildman–Crippen LogP) is 2.60. The molecule has 0 fully saturated rings. The van der Waals surface area contributed by atoms with E-state index >= 15 is 0 Å². The van der Waals surface area contributed by atoms with Crippen LogP contribution in [0.4, 0.5) is 5.69 Å². The molecular weight excluding hydrogens is 256 g/mol. The van der Waals surface area contributed by atoms with Crippen LogP contribution in [-0.2, 0) is 11.2 Å². The first-order chi connectivity index (χ1) is 9.31. The highest BCUT2D eigenvalue weighted by Gasteiger charge is 2.31. The van der Waals surface area contributed by atoms with Gasteiger partial charge in [-0.15, -0.1) is 11.3 Å². The number of hydrogen-bond acceptors (Lipinski definition) is 3. The molecule has 1 unspecified atom stereocenters. The van der Waals surface area contributed by atoms with E-state index in [0.29, 0.717) is 0 Å². The summed E-state index contributed by atoms with van der Waals surface area (Å²) >= 11 is 1.66. The first-order valence-corrected chi connectivity index (χ1v) is 7.29. The number of likely N-dealkylation sites (N-methyl/N-ethyl adjacent to an activating group) is 1. The summed E-state index contributed by atoms with van der Waals surface area (Å²) in [5.41, 5.74) is 2.26.